The van der Waals surface area contributed by atoms with Gasteiger partial charge in [0.2, 0.25) is 0 Å². The second-order valence-corrected chi connectivity index (χ2v) is 8.76. The number of hydrogen-bond acceptors (Lipinski definition) is 7. The zero-order valence-corrected chi connectivity index (χ0v) is 17.5. The van der Waals surface area contributed by atoms with Gasteiger partial charge in [-0.1, -0.05) is 0 Å². The summed E-state index contributed by atoms with van der Waals surface area (Å²) in [4.78, 5) is 42.4. The normalized spacial score (nSPS) is 13.2. The zero-order valence-electron chi connectivity index (χ0n) is 16.7. The summed E-state index contributed by atoms with van der Waals surface area (Å²) in [6, 6.07) is 3.42. The molecule has 0 aliphatic carbocycles. The Hall–Kier alpha value is -3.45. The molecule has 10 heteroatoms. The number of carbonyl (C=O) groups excluding carboxylic acids is 2. The fourth-order valence-corrected chi connectivity index (χ4v) is 4.23. The number of carboxylic acids is 1. The van der Waals surface area contributed by atoms with Crippen LogP contribution < -0.4 is 5.32 Å². The van der Waals surface area contributed by atoms with Crippen LogP contribution in [0.25, 0.3) is 0 Å². The Balaban J connectivity index is 1.84. The van der Waals surface area contributed by atoms with E-state index in [2.05, 4.69) is 16.4 Å². The largest absolute Gasteiger partial charge is 0.478 e. The molecule has 1 aliphatic rings. The summed E-state index contributed by atoms with van der Waals surface area (Å²) in [6.45, 7) is 6.04. The van der Waals surface area contributed by atoms with E-state index < -0.39 is 23.6 Å². The quantitative estimate of drug-likeness (QED) is 0.766. The second-order valence-electron chi connectivity index (χ2n) is 7.65. The van der Waals surface area contributed by atoms with Crippen LogP contribution in [0.15, 0.2) is 18.5 Å². The van der Waals surface area contributed by atoms with Crippen molar-refractivity contribution < 1.29 is 24.2 Å². The predicted molar refractivity (Wildman–Crippen MR) is 109 cm³/mol. The SMILES string of the molecule is CC(C)(C)OC(=O)N1CCc2c(sc(NC(=O)c3ccncc3C(=O)O)c2C#N)C1. The fourth-order valence-electron chi connectivity index (χ4n) is 3.03. The highest BCUT2D eigenvalue weighted by Gasteiger charge is 2.30. The molecule has 0 spiro atoms. The number of ether oxygens (including phenoxy) is 1. The first kappa shape index (κ1) is 21.3. The maximum absolute atomic E-state index is 12.7. The van der Waals surface area contributed by atoms with E-state index in [0.29, 0.717) is 23.5 Å². The first-order valence-corrected chi connectivity index (χ1v) is 9.93. The van der Waals surface area contributed by atoms with E-state index in [4.69, 9.17) is 4.74 Å². The van der Waals surface area contributed by atoms with Crippen molar-refractivity contribution in [1.82, 2.24) is 9.88 Å². The summed E-state index contributed by atoms with van der Waals surface area (Å²) in [5.74, 6) is -1.92. The molecule has 2 N–H and O–H groups in total. The molecule has 9 nitrogen and oxygen atoms in total. The number of aromatic carboxylic acids is 1. The molecular formula is C20H20N4O5S. The Bertz CT molecular complexity index is 1060. The van der Waals surface area contributed by atoms with Crippen molar-refractivity contribution in [2.24, 2.45) is 0 Å². The molecule has 0 unspecified atom stereocenters. The van der Waals surface area contributed by atoms with Crippen LogP contribution in [0.3, 0.4) is 0 Å². The Morgan fingerprint density at radius 2 is 2.07 bits per heavy atom. The van der Waals surface area contributed by atoms with Crippen LogP contribution >= 0.6 is 11.3 Å². The van der Waals surface area contributed by atoms with Crippen LogP contribution in [-0.2, 0) is 17.7 Å². The van der Waals surface area contributed by atoms with Gasteiger partial charge in [0.1, 0.15) is 16.7 Å². The summed E-state index contributed by atoms with van der Waals surface area (Å²) in [7, 11) is 0. The van der Waals surface area contributed by atoms with Crippen molar-refractivity contribution in [2.75, 3.05) is 11.9 Å². The Morgan fingerprint density at radius 1 is 1.33 bits per heavy atom. The highest BCUT2D eigenvalue weighted by atomic mass is 32.1. The standard InChI is InChI=1S/C20H20N4O5S/c1-20(2,3)29-19(28)24-7-5-11-13(8-21)17(30-15(11)10-24)23-16(25)12-4-6-22-9-14(12)18(26)27/h4,6,9H,5,7,10H2,1-3H3,(H,23,25)(H,26,27). The molecule has 3 rings (SSSR count). The Morgan fingerprint density at radius 3 is 2.70 bits per heavy atom. The number of pyridine rings is 1. The first-order chi connectivity index (χ1) is 14.1. The molecule has 0 fully saturated rings. The van der Waals surface area contributed by atoms with Gasteiger partial charge in [0.15, 0.2) is 0 Å². The molecule has 2 aromatic heterocycles. The number of hydrogen-bond donors (Lipinski definition) is 2. The van der Waals surface area contributed by atoms with Gasteiger partial charge in [-0.3, -0.25) is 9.78 Å². The Labute approximate surface area is 176 Å². The number of aromatic nitrogens is 1. The van der Waals surface area contributed by atoms with Gasteiger partial charge in [-0.15, -0.1) is 11.3 Å². The highest BCUT2D eigenvalue weighted by molar-refractivity contribution is 7.16. The van der Waals surface area contributed by atoms with E-state index in [1.54, 1.807) is 25.7 Å². The summed E-state index contributed by atoms with van der Waals surface area (Å²) >= 11 is 1.20. The summed E-state index contributed by atoms with van der Waals surface area (Å²) < 4.78 is 5.41. The number of anilines is 1. The number of carbonyl (C=O) groups is 3. The number of fused-ring (bicyclic) bond motifs is 1. The number of carboxylic acid groups (broad SMARTS) is 1. The lowest BCUT2D eigenvalue weighted by atomic mass is 10.0. The van der Waals surface area contributed by atoms with E-state index >= 15 is 0 Å². The lowest BCUT2D eigenvalue weighted by Gasteiger charge is -2.29. The van der Waals surface area contributed by atoms with Crippen molar-refractivity contribution in [2.45, 2.75) is 39.3 Å². The van der Waals surface area contributed by atoms with Crippen LogP contribution in [0.1, 0.15) is 57.5 Å². The minimum absolute atomic E-state index is 0.0526. The molecule has 30 heavy (non-hydrogen) atoms. The summed E-state index contributed by atoms with van der Waals surface area (Å²) in [5, 5.41) is 21.8. The molecule has 2 amide bonds. The highest BCUT2D eigenvalue weighted by Crippen LogP contribution is 2.37. The van der Waals surface area contributed by atoms with Crippen LogP contribution in [0.2, 0.25) is 0 Å². The topological polar surface area (TPSA) is 133 Å². The molecule has 0 atom stereocenters. The lowest BCUT2D eigenvalue weighted by Crippen LogP contribution is -2.39. The van der Waals surface area contributed by atoms with Crippen LogP contribution in [0, 0.1) is 11.3 Å². The third kappa shape index (κ3) is 4.41. The predicted octanol–water partition coefficient (Wildman–Crippen LogP) is 3.26. The van der Waals surface area contributed by atoms with Gasteiger partial charge in [0.25, 0.3) is 5.91 Å². The van der Waals surface area contributed by atoms with Crippen molar-refractivity contribution in [3.63, 3.8) is 0 Å². The van der Waals surface area contributed by atoms with E-state index in [-0.39, 0.29) is 17.7 Å². The molecule has 0 aromatic carbocycles. The molecule has 0 bridgehead atoms. The smallest absolute Gasteiger partial charge is 0.410 e. The third-order valence-electron chi connectivity index (χ3n) is 4.34. The van der Waals surface area contributed by atoms with E-state index in [0.717, 1.165) is 16.6 Å². The molecular weight excluding hydrogens is 408 g/mol. The number of rotatable bonds is 3. The van der Waals surface area contributed by atoms with Crippen molar-refractivity contribution in [1.29, 1.82) is 5.26 Å². The van der Waals surface area contributed by atoms with Gasteiger partial charge in [-0.05, 0) is 38.8 Å². The van der Waals surface area contributed by atoms with E-state index in [1.165, 1.54) is 23.6 Å². The van der Waals surface area contributed by atoms with Crippen molar-refractivity contribution in [3.05, 3.63) is 45.6 Å². The van der Waals surface area contributed by atoms with Crippen molar-refractivity contribution in [3.8, 4) is 6.07 Å². The third-order valence-corrected chi connectivity index (χ3v) is 5.48. The average molecular weight is 428 g/mol. The van der Waals surface area contributed by atoms with Gasteiger partial charge in [-0.2, -0.15) is 5.26 Å². The number of nitriles is 1. The van der Waals surface area contributed by atoms with Crippen molar-refractivity contribution >= 4 is 34.3 Å². The average Bonchev–Trinajstić information content (AvgIpc) is 3.02. The minimum atomic E-state index is -1.27. The number of nitrogens with zero attached hydrogens (tertiary/aromatic N) is 3. The van der Waals surface area contributed by atoms with Gasteiger partial charge < -0.3 is 20.1 Å². The lowest BCUT2D eigenvalue weighted by molar-refractivity contribution is 0.0226. The van der Waals surface area contributed by atoms with Gasteiger partial charge >= 0.3 is 12.1 Å². The zero-order chi connectivity index (χ0) is 22.1. The molecule has 2 aromatic rings. The fraction of sp³-hybridized carbons (Fsp3) is 0.350. The number of thiophene rings is 1. The summed E-state index contributed by atoms with van der Waals surface area (Å²) in [6.07, 6.45) is 2.44. The van der Waals surface area contributed by atoms with Gasteiger partial charge in [-0.25, -0.2) is 9.59 Å². The molecule has 1 aliphatic heterocycles. The molecule has 0 saturated heterocycles. The van der Waals surface area contributed by atoms with Crippen LogP contribution in [0.4, 0.5) is 9.80 Å². The van der Waals surface area contributed by atoms with E-state index in [1.807, 2.05) is 0 Å². The monoisotopic (exact) mass is 428 g/mol. The molecule has 0 radical (unpaired) electrons. The van der Waals surface area contributed by atoms with Crippen LogP contribution in [-0.4, -0.2) is 45.1 Å². The number of nitrogens with one attached hydrogen (secondary N) is 1. The second kappa shape index (κ2) is 8.12. The van der Waals surface area contributed by atoms with Crippen LogP contribution in [0.5, 0.6) is 0 Å². The Kier molecular flexibility index (Phi) is 5.75. The maximum atomic E-state index is 12.7. The minimum Gasteiger partial charge on any atom is -0.478 e. The molecule has 156 valence electrons. The van der Waals surface area contributed by atoms with E-state index in [9.17, 15) is 24.8 Å². The summed E-state index contributed by atoms with van der Waals surface area (Å²) in [5.41, 5.74) is 0.217. The molecule has 3 heterocycles. The molecule has 0 saturated carbocycles. The number of amides is 2. The maximum Gasteiger partial charge on any atom is 0.410 e. The van der Waals surface area contributed by atoms with Gasteiger partial charge in [0, 0.05) is 23.8 Å². The van der Waals surface area contributed by atoms with Gasteiger partial charge in [0.05, 0.1) is 23.2 Å². The first-order valence-electron chi connectivity index (χ1n) is 9.12.